The zero-order valence-corrected chi connectivity index (χ0v) is 14.2. The van der Waals surface area contributed by atoms with E-state index in [0.717, 1.165) is 19.0 Å². The fraction of sp³-hybridized carbons (Fsp3) is 0.579. The highest BCUT2D eigenvalue weighted by Crippen LogP contribution is 2.19. The third-order valence-corrected chi connectivity index (χ3v) is 3.84. The van der Waals surface area contributed by atoms with E-state index < -0.39 is 0 Å². The normalized spacial score (nSPS) is 12.5. The van der Waals surface area contributed by atoms with Crippen LogP contribution in [0.3, 0.4) is 0 Å². The smallest absolute Gasteiger partial charge is 0.0480 e. The molecule has 2 rings (SSSR count). The summed E-state index contributed by atoms with van der Waals surface area (Å²) in [7, 11) is 0. The van der Waals surface area contributed by atoms with Gasteiger partial charge in [-0.05, 0) is 68.7 Å². The van der Waals surface area contributed by atoms with Gasteiger partial charge in [0.05, 0.1) is 0 Å². The van der Waals surface area contributed by atoms with E-state index in [2.05, 4.69) is 75.0 Å². The van der Waals surface area contributed by atoms with Crippen molar-refractivity contribution in [3.8, 4) is 0 Å². The Kier molecular flexibility index (Phi) is 5.10. The minimum absolute atomic E-state index is 0.164. The molecule has 2 aromatic rings. The summed E-state index contributed by atoms with van der Waals surface area (Å²) in [6.45, 7) is 13.3. The Morgan fingerprint density at radius 3 is 2.57 bits per heavy atom. The maximum absolute atomic E-state index is 3.55. The molecule has 2 heteroatoms. The van der Waals surface area contributed by atoms with Crippen molar-refractivity contribution in [2.24, 2.45) is 5.92 Å². The summed E-state index contributed by atoms with van der Waals surface area (Å²) in [4.78, 5) is 0. The maximum Gasteiger partial charge on any atom is 0.0480 e. The Bertz CT molecular complexity index is 573. The average molecular weight is 286 g/mol. The van der Waals surface area contributed by atoms with E-state index in [0.29, 0.717) is 0 Å². The van der Waals surface area contributed by atoms with Gasteiger partial charge in [0, 0.05) is 30.3 Å². The third kappa shape index (κ3) is 4.89. The van der Waals surface area contributed by atoms with Gasteiger partial charge in [-0.15, -0.1) is 0 Å². The summed E-state index contributed by atoms with van der Waals surface area (Å²) in [5, 5.41) is 4.90. The lowest BCUT2D eigenvalue weighted by Gasteiger charge is -2.20. The zero-order valence-electron chi connectivity index (χ0n) is 14.2. The first-order chi connectivity index (χ1) is 9.85. The van der Waals surface area contributed by atoms with Gasteiger partial charge in [-0.25, -0.2) is 0 Å². The molecule has 0 aliphatic heterocycles. The lowest BCUT2D eigenvalue weighted by atomic mass is 10.1. The van der Waals surface area contributed by atoms with Gasteiger partial charge in [0.15, 0.2) is 0 Å². The quantitative estimate of drug-likeness (QED) is 0.793. The molecule has 116 valence electrons. The predicted octanol–water partition coefficient (Wildman–Crippen LogP) is 4.97. The Morgan fingerprint density at radius 2 is 1.90 bits per heavy atom. The van der Waals surface area contributed by atoms with Gasteiger partial charge < -0.3 is 9.88 Å². The van der Waals surface area contributed by atoms with E-state index in [9.17, 15) is 0 Å². The van der Waals surface area contributed by atoms with Crippen molar-refractivity contribution in [2.75, 3.05) is 0 Å². The van der Waals surface area contributed by atoms with Crippen molar-refractivity contribution in [2.45, 2.75) is 66.1 Å². The van der Waals surface area contributed by atoms with Crippen LogP contribution in [0.15, 0.2) is 30.5 Å². The molecule has 1 heterocycles. The lowest BCUT2D eigenvalue weighted by Crippen LogP contribution is -2.35. The summed E-state index contributed by atoms with van der Waals surface area (Å²) in [5.74, 6) is 0.793. The molecular weight excluding hydrogens is 256 g/mol. The Hall–Kier alpha value is -1.28. The van der Waals surface area contributed by atoms with Crippen molar-refractivity contribution in [1.82, 2.24) is 9.88 Å². The van der Waals surface area contributed by atoms with E-state index in [1.54, 1.807) is 0 Å². The standard InChI is InChI=1S/C19H30N2/c1-15(2)7-6-11-21-12-10-17-13-16(8-9-18(17)21)14-20-19(3,4)5/h8-10,12-13,15,20H,6-7,11,14H2,1-5H3. The highest BCUT2D eigenvalue weighted by molar-refractivity contribution is 5.80. The predicted molar refractivity (Wildman–Crippen MR) is 92.6 cm³/mol. The zero-order chi connectivity index (χ0) is 15.5. The number of fused-ring (bicyclic) bond motifs is 1. The third-order valence-electron chi connectivity index (χ3n) is 3.84. The monoisotopic (exact) mass is 286 g/mol. The van der Waals surface area contributed by atoms with Crippen LogP contribution in [0, 0.1) is 5.92 Å². The lowest BCUT2D eigenvalue weighted by molar-refractivity contribution is 0.424. The van der Waals surface area contributed by atoms with Crippen LogP contribution in [0.5, 0.6) is 0 Å². The first-order valence-electron chi connectivity index (χ1n) is 8.18. The Morgan fingerprint density at radius 1 is 1.14 bits per heavy atom. The van der Waals surface area contributed by atoms with Gasteiger partial charge in [0.1, 0.15) is 0 Å². The molecule has 1 aromatic heterocycles. The number of aromatic nitrogens is 1. The number of hydrogen-bond donors (Lipinski definition) is 1. The summed E-state index contributed by atoms with van der Waals surface area (Å²) < 4.78 is 2.39. The highest BCUT2D eigenvalue weighted by atomic mass is 15.0. The molecule has 1 aromatic carbocycles. The van der Waals surface area contributed by atoms with Gasteiger partial charge in [-0.3, -0.25) is 0 Å². The summed E-state index contributed by atoms with van der Waals surface area (Å²) >= 11 is 0. The molecule has 21 heavy (non-hydrogen) atoms. The van der Waals surface area contributed by atoms with Crippen LogP contribution < -0.4 is 5.32 Å². The number of aryl methyl sites for hydroxylation is 1. The van der Waals surface area contributed by atoms with Crippen LogP contribution >= 0.6 is 0 Å². The summed E-state index contributed by atoms with van der Waals surface area (Å²) in [6, 6.07) is 9.07. The molecule has 0 saturated heterocycles. The second kappa shape index (κ2) is 6.65. The summed E-state index contributed by atoms with van der Waals surface area (Å²) in [5.41, 5.74) is 2.88. The Labute approximate surface area is 129 Å². The second-order valence-corrected chi connectivity index (χ2v) is 7.54. The van der Waals surface area contributed by atoms with Crippen molar-refractivity contribution in [3.05, 3.63) is 36.0 Å². The van der Waals surface area contributed by atoms with Gasteiger partial charge in [-0.2, -0.15) is 0 Å². The van der Waals surface area contributed by atoms with Gasteiger partial charge in [0.2, 0.25) is 0 Å². The number of rotatable bonds is 6. The number of nitrogens with zero attached hydrogens (tertiary/aromatic N) is 1. The minimum Gasteiger partial charge on any atom is -0.347 e. The van der Waals surface area contributed by atoms with Gasteiger partial charge >= 0.3 is 0 Å². The van der Waals surface area contributed by atoms with Crippen molar-refractivity contribution in [3.63, 3.8) is 0 Å². The number of hydrogen-bond acceptors (Lipinski definition) is 1. The van der Waals surface area contributed by atoms with Crippen LogP contribution in [0.2, 0.25) is 0 Å². The van der Waals surface area contributed by atoms with E-state index in [4.69, 9.17) is 0 Å². The van der Waals surface area contributed by atoms with Crippen molar-refractivity contribution in [1.29, 1.82) is 0 Å². The number of nitrogens with one attached hydrogen (secondary N) is 1. The molecule has 0 bridgehead atoms. The molecule has 0 atom stereocenters. The Balaban J connectivity index is 2.04. The van der Waals surface area contributed by atoms with E-state index in [1.807, 2.05) is 0 Å². The van der Waals surface area contributed by atoms with Crippen LogP contribution in [-0.2, 0) is 13.1 Å². The molecule has 0 aliphatic rings. The molecule has 0 spiro atoms. The molecule has 0 fully saturated rings. The largest absolute Gasteiger partial charge is 0.347 e. The second-order valence-electron chi connectivity index (χ2n) is 7.54. The molecular formula is C19H30N2. The first kappa shape index (κ1) is 16.1. The fourth-order valence-corrected chi connectivity index (χ4v) is 2.59. The van der Waals surface area contributed by atoms with Crippen LogP contribution in [0.4, 0.5) is 0 Å². The van der Waals surface area contributed by atoms with Gasteiger partial charge in [-0.1, -0.05) is 19.9 Å². The average Bonchev–Trinajstić information content (AvgIpc) is 2.78. The van der Waals surface area contributed by atoms with Crippen molar-refractivity contribution >= 4 is 10.9 Å². The molecule has 1 N–H and O–H groups in total. The van der Waals surface area contributed by atoms with E-state index >= 15 is 0 Å². The maximum atomic E-state index is 3.55. The van der Waals surface area contributed by atoms with E-state index in [1.165, 1.54) is 29.3 Å². The first-order valence-corrected chi connectivity index (χ1v) is 8.18. The summed E-state index contributed by atoms with van der Waals surface area (Å²) in [6.07, 6.45) is 4.79. The highest BCUT2D eigenvalue weighted by Gasteiger charge is 2.09. The van der Waals surface area contributed by atoms with Crippen LogP contribution in [0.1, 0.15) is 53.0 Å². The molecule has 0 radical (unpaired) electrons. The van der Waals surface area contributed by atoms with Crippen LogP contribution in [-0.4, -0.2) is 10.1 Å². The van der Waals surface area contributed by atoms with E-state index in [-0.39, 0.29) is 5.54 Å². The SMILES string of the molecule is CC(C)CCCn1ccc2cc(CNC(C)(C)C)ccc21. The molecule has 0 saturated carbocycles. The number of benzene rings is 1. The molecule has 2 nitrogen and oxygen atoms in total. The van der Waals surface area contributed by atoms with Crippen molar-refractivity contribution < 1.29 is 0 Å². The minimum atomic E-state index is 0.164. The topological polar surface area (TPSA) is 17.0 Å². The molecule has 0 aliphatic carbocycles. The fourth-order valence-electron chi connectivity index (χ4n) is 2.59. The molecule has 0 amide bonds. The molecule has 0 unspecified atom stereocenters. The van der Waals surface area contributed by atoms with Gasteiger partial charge in [0.25, 0.3) is 0 Å². The van der Waals surface area contributed by atoms with Crippen LogP contribution in [0.25, 0.3) is 10.9 Å².